The summed E-state index contributed by atoms with van der Waals surface area (Å²) in [4.78, 5) is 0. The topological polar surface area (TPSA) is 66.8 Å². The maximum absolute atomic E-state index is 12.1. The smallest absolute Gasteiger partial charge is 0.128 e. The first-order chi connectivity index (χ1) is 10.6. The highest BCUT2D eigenvalue weighted by molar-refractivity contribution is 7.85. The molecule has 0 aliphatic carbocycles. The van der Waals surface area contributed by atoms with Crippen LogP contribution in [-0.2, 0) is 10.8 Å². The van der Waals surface area contributed by atoms with Gasteiger partial charge in [-0.2, -0.15) is 0 Å². The van der Waals surface area contributed by atoms with E-state index < -0.39 is 10.8 Å². The van der Waals surface area contributed by atoms with E-state index in [0.29, 0.717) is 11.5 Å². The van der Waals surface area contributed by atoms with E-state index in [1.54, 1.807) is 30.3 Å². The van der Waals surface area contributed by atoms with Gasteiger partial charge < -0.3 is 14.9 Å². The summed E-state index contributed by atoms with van der Waals surface area (Å²) in [5, 5.41) is 19.2. The fraction of sp³-hybridized carbons (Fsp3) is 0.294. The number of ether oxygens (including phenoxy) is 1. The Morgan fingerprint density at radius 2 is 1.73 bits per heavy atom. The van der Waals surface area contributed by atoms with Gasteiger partial charge in [-0.1, -0.05) is 12.1 Å². The van der Waals surface area contributed by atoms with Crippen LogP contribution in [0.4, 0.5) is 0 Å². The molecule has 2 heterocycles. The van der Waals surface area contributed by atoms with Gasteiger partial charge in [-0.3, -0.25) is 4.21 Å². The van der Waals surface area contributed by atoms with E-state index in [1.165, 1.54) is 0 Å². The molecular formula is C17H16O4S. The minimum absolute atomic E-state index is 0.125. The van der Waals surface area contributed by atoms with Gasteiger partial charge in [0.1, 0.15) is 23.4 Å². The molecule has 0 aromatic heterocycles. The molecule has 2 aliphatic heterocycles. The maximum atomic E-state index is 12.1. The van der Waals surface area contributed by atoms with Gasteiger partial charge in [0, 0.05) is 39.7 Å². The first kappa shape index (κ1) is 13.6. The average Bonchev–Trinajstić information content (AvgIpc) is 2.89. The summed E-state index contributed by atoms with van der Waals surface area (Å²) in [5.41, 5.74) is 1.93. The van der Waals surface area contributed by atoms with Crippen LogP contribution in [0, 0.1) is 5.92 Å². The van der Waals surface area contributed by atoms with Gasteiger partial charge in [0.25, 0.3) is 0 Å². The summed E-state index contributed by atoms with van der Waals surface area (Å²) in [6.07, 6.45) is -0.172. The van der Waals surface area contributed by atoms with Gasteiger partial charge in [0.2, 0.25) is 0 Å². The Morgan fingerprint density at radius 1 is 1.00 bits per heavy atom. The molecule has 0 saturated carbocycles. The number of hydrogen-bond acceptors (Lipinski definition) is 4. The third-order valence-corrected chi connectivity index (χ3v) is 6.01. The highest BCUT2D eigenvalue weighted by atomic mass is 32.2. The summed E-state index contributed by atoms with van der Waals surface area (Å²) in [5.74, 6) is 2.65. The third-order valence-electron chi connectivity index (χ3n) is 4.52. The van der Waals surface area contributed by atoms with Crippen LogP contribution >= 0.6 is 0 Å². The second-order valence-corrected chi connectivity index (χ2v) is 7.44. The lowest BCUT2D eigenvalue weighted by Crippen LogP contribution is -2.29. The predicted octanol–water partition coefficient (Wildman–Crippen LogP) is 2.69. The van der Waals surface area contributed by atoms with Crippen molar-refractivity contribution in [3.05, 3.63) is 53.6 Å². The van der Waals surface area contributed by atoms with E-state index in [1.807, 2.05) is 12.1 Å². The Balaban J connectivity index is 1.79. The Kier molecular flexibility index (Phi) is 3.11. The lowest BCUT2D eigenvalue weighted by molar-refractivity contribution is 0.114. The van der Waals surface area contributed by atoms with Crippen LogP contribution < -0.4 is 4.74 Å². The minimum Gasteiger partial charge on any atom is -0.508 e. The third kappa shape index (κ3) is 2.16. The van der Waals surface area contributed by atoms with Gasteiger partial charge >= 0.3 is 0 Å². The molecule has 0 spiro atoms. The number of aromatic hydroxyl groups is 2. The van der Waals surface area contributed by atoms with Crippen LogP contribution in [0.5, 0.6) is 17.2 Å². The van der Waals surface area contributed by atoms with Crippen molar-refractivity contribution in [3.8, 4) is 17.2 Å². The van der Waals surface area contributed by atoms with Crippen molar-refractivity contribution < 1.29 is 19.2 Å². The first-order valence-corrected chi connectivity index (χ1v) is 8.74. The largest absolute Gasteiger partial charge is 0.508 e. The second-order valence-electron chi connectivity index (χ2n) is 5.90. The standard InChI is InChI=1S/C17H16O4S/c18-11-3-1-10(2-4-11)17-15-9-22(20)8-14(15)13-7-12(19)5-6-16(13)21-17/h1-7,14-15,17-19H,8-9H2/t14-,15-,17-,22+/m0/s1. The highest BCUT2D eigenvalue weighted by Crippen LogP contribution is 2.50. The van der Waals surface area contributed by atoms with Crippen LogP contribution in [0.15, 0.2) is 42.5 Å². The summed E-state index contributed by atoms with van der Waals surface area (Å²) < 4.78 is 18.2. The normalized spacial score (nSPS) is 29.5. The van der Waals surface area contributed by atoms with Crippen molar-refractivity contribution in [2.75, 3.05) is 11.5 Å². The number of rotatable bonds is 1. The van der Waals surface area contributed by atoms with Crippen LogP contribution in [0.25, 0.3) is 0 Å². The molecule has 1 saturated heterocycles. The minimum atomic E-state index is -0.867. The van der Waals surface area contributed by atoms with Crippen molar-refractivity contribution in [1.82, 2.24) is 0 Å². The molecule has 0 radical (unpaired) electrons. The SMILES string of the molecule is O=[S@]1C[C@H]2[C@@H](C1)c1cc(O)ccc1O[C@H]2c1ccc(O)cc1. The van der Waals surface area contributed by atoms with E-state index >= 15 is 0 Å². The number of benzene rings is 2. The summed E-state index contributed by atoms with van der Waals surface area (Å²) in [6.45, 7) is 0. The molecule has 114 valence electrons. The van der Waals surface area contributed by atoms with E-state index in [4.69, 9.17) is 4.74 Å². The van der Waals surface area contributed by atoms with E-state index in [-0.39, 0.29) is 29.4 Å². The van der Waals surface area contributed by atoms with Crippen LogP contribution in [0.2, 0.25) is 0 Å². The molecule has 22 heavy (non-hydrogen) atoms. The van der Waals surface area contributed by atoms with Crippen LogP contribution in [-0.4, -0.2) is 25.9 Å². The maximum Gasteiger partial charge on any atom is 0.128 e. The summed E-state index contributed by atoms with van der Waals surface area (Å²) in [7, 11) is -0.867. The molecule has 4 rings (SSSR count). The number of fused-ring (bicyclic) bond motifs is 3. The average molecular weight is 316 g/mol. The van der Waals surface area contributed by atoms with Crippen molar-refractivity contribution in [1.29, 1.82) is 0 Å². The van der Waals surface area contributed by atoms with Gasteiger partial charge in [0.15, 0.2) is 0 Å². The molecule has 4 nitrogen and oxygen atoms in total. The fourth-order valence-electron chi connectivity index (χ4n) is 3.48. The molecule has 0 unspecified atom stereocenters. The first-order valence-electron chi connectivity index (χ1n) is 7.25. The van der Waals surface area contributed by atoms with Crippen molar-refractivity contribution in [2.24, 2.45) is 5.92 Å². The molecule has 5 heteroatoms. The van der Waals surface area contributed by atoms with Crippen LogP contribution in [0.3, 0.4) is 0 Å². The fourth-order valence-corrected chi connectivity index (χ4v) is 5.28. The molecule has 1 fully saturated rings. The zero-order valence-corrected chi connectivity index (χ0v) is 12.6. The molecule has 2 aromatic carbocycles. The quantitative estimate of drug-likeness (QED) is 0.849. The Labute approximate surface area is 130 Å². The summed E-state index contributed by atoms with van der Waals surface area (Å²) >= 11 is 0. The Bertz CT molecular complexity index is 741. The molecule has 4 atom stereocenters. The van der Waals surface area contributed by atoms with Gasteiger partial charge in [-0.25, -0.2) is 0 Å². The van der Waals surface area contributed by atoms with Crippen molar-refractivity contribution in [3.63, 3.8) is 0 Å². The lowest BCUT2D eigenvalue weighted by atomic mass is 9.80. The molecule has 2 aromatic rings. The highest BCUT2D eigenvalue weighted by Gasteiger charge is 2.45. The lowest BCUT2D eigenvalue weighted by Gasteiger charge is -2.35. The molecule has 2 N–H and O–H groups in total. The predicted molar refractivity (Wildman–Crippen MR) is 83.7 cm³/mol. The number of hydrogen-bond donors (Lipinski definition) is 2. The van der Waals surface area contributed by atoms with Gasteiger partial charge in [-0.05, 0) is 35.9 Å². The van der Waals surface area contributed by atoms with E-state index in [9.17, 15) is 14.4 Å². The van der Waals surface area contributed by atoms with Crippen molar-refractivity contribution in [2.45, 2.75) is 12.0 Å². The van der Waals surface area contributed by atoms with Gasteiger partial charge in [0.05, 0.1) is 0 Å². The van der Waals surface area contributed by atoms with Crippen LogP contribution in [0.1, 0.15) is 23.1 Å². The van der Waals surface area contributed by atoms with Gasteiger partial charge in [-0.15, -0.1) is 0 Å². The number of phenolic OH excluding ortho intramolecular Hbond substituents is 2. The monoisotopic (exact) mass is 316 g/mol. The van der Waals surface area contributed by atoms with E-state index in [2.05, 4.69) is 0 Å². The zero-order valence-electron chi connectivity index (χ0n) is 11.8. The molecule has 2 aliphatic rings. The number of phenols is 2. The van der Waals surface area contributed by atoms with Crippen molar-refractivity contribution >= 4 is 10.8 Å². The molecular weight excluding hydrogens is 300 g/mol. The molecule has 0 amide bonds. The Hall–Kier alpha value is -2.01. The zero-order chi connectivity index (χ0) is 15.3. The second kappa shape index (κ2) is 5.02. The van der Waals surface area contributed by atoms with E-state index in [0.717, 1.165) is 16.9 Å². The Morgan fingerprint density at radius 3 is 2.50 bits per heavy atom. The molecule has 0 bridgehead atoms. The summed E-state index contributed by atoms with van der Waals surface area (Å²) in [6, 6.07) is 12.1.